The SMILES string of the molecule is CC(C)CCOc1ccccc1C(=O)NC(=S)NNC(=O)c1cccs1. The number of hydrogen-bond acceptors (Lipinski definition) is 5. The van der Waals surface area contributed by atoms with E-state index in [1.807, 2.05) is 0 Å². The molecule has 0 unspecified atom stereocenters. The minimum absolute atomic E-state index is 0.00288. The molecule has 6 nitrogen and oxygen atoms in total. The highest BCUT2D eigenvalue weighted by Gasteiger charge is 2.14. The molecule has 0 bridgehead atoms. The Balaban J connectivity index is 1.88. The molecule has 2 amide bonds. The second-order valence-electron chi connectivity index (χ2n) is 5.87. The number of ether oxygens (including phenoxy) is 1. The van der Waals surface area contributed by atoms with E-state index in [9.17, 15) is 9.59 Å². The summed E-state index contributed by atoms with van der Waals surface area (Å²) in [5, 5.41) is 4.32. The van der Waals surface area contributed by atoms with Crippen molar-refractivity contribution in [3.63, 3.8) is 0 Å². The number of thiocarbonyl (C=S) groups is 1. The van der Waals surface area contributed by atoms with Gasteiger partial charge in [0, 0.05) is 0 Å². The van der Waals surface area contributed by atoms with Crippen molar-refractivity contribution >= 4 is 40.5 Å². The van der Waals surface area contributed by atoms with Gasteiger partial charge in [-0.2, -0.15) is 0 Å². The van der Waals surface area contributed by atoms with E-state index in [0.717, 1.165) is 6.42 Å². The first-order valence-corrected chi connectivity index (χ1v) is 9.43. The van der Waals surface area contributed by atoms with E-state index < -0.39 is 5.91 Å². The molecule has 2 aromatic rings. The molecule has 3 N–H and O–H groups in total. The summed E-state index contributed by atoms with van der Waals surface area (Å²) in [5.74, 6) is 0.276. The molecule has 1 heterocycles. The van der Waals surface area contributed by atoms with Crippen LogP contribution in [0.2, 0.25) is 0 Å². The Morgan fingerprint density at radius 2 is 1.88 bits per heavy atom. The summed E-state index contributed by atoms with van der Waals surface area (Å²) in [6, 6.07) is 10.4. The van der Waals surface area contributed by atoms with Gasteiger partial charge in [0.25, 0.3) is 11.8 Å². The van der Waals surface area contributed by atoms with E-state index >= 15 is 0 Å². The normalized spacial score (nSPS) is 10.3. The fourth-order valence-corrected chi connectivity index (χ4v) is 2.73. The first-order chi connectivity index (χ1) is 12.5. The number of hydrazine groups is 1. The van der Waals surface area contributed by atoms with Crippen molar-refractivity contribution in [3.8, 4) is 5.75 Å². The minimum Gasteiger partial charge on any atom is -0.493 e. The fourth-order valence-electron chi connectivity index (χ4n) is 1.97. The smallest absolute Gasteiger partial charge is 0.279 e. The van der Waals surface area contributed by atoms with Crippen molar-refractivity contribution < 1.29 is 14.3 Å². The molecule has 2 rings (SSSR count). The van der Waals surface area contributed by atoms with Gasteiger partial charge < -0.3 is 4.74 Å². The van der Waals surface area contributed by atoms with E-state index in [1.54, 1.807) is 41.8 Å². The van der Waals surface area contributed by atoms with Crippen molar-refractivity contribution in [2.24, 2.45) is 5.92 Å². The van der Waals surface area contributed by atoms with Gasteiger partial charge in [-0.1, -0.05) is 32.0 Å². The second-order valence-corrected chi connectivity index (χ2v) is 7.22. The zero-order valence-corrected chi connectivity index (χ0v) is 16.2. The van der Waals surface area contributed by atoms with Crippen LogP contribution in [0.15, 0.2) is 41.8 Å². The monoisotopic (exact) mass is 391 g/mol. The highest BCUT2D eigenvalue weighted by atomic mass is 32.1. The maximum atomic E-state index is 12.4. The molecule has 8 heteroatoms. The van der Waals surface area contributed by atoms with Gasteiger partial charge in [-0.05, 0) is 48.1 Å². The Labute approximate surface area is 161 Å². The van der Waals surface area contributed by atoms with Crippen LogP contribution in [0.3, 0.4) is 0 Å². The predicted molar refractivity (Wildman–Crippen MR) is 106 cm³/mol. The summed E-state index contributed by atoms with van der Waals surface area (Å²) >= 11 is 6.35. The van der Waals surface area contributed by atoms with E-state index in [-0.39, 0.29) is 11.0 Å². The number of carbonyl (C=O) groups excluding carboxylic acids is 2. The van der Waals surface area contributed by atoms with Gasteiger partial charge in [-0.3, -0.25) is 25.8 Å². The Kier molecular flexibility index (Phi) is 7.55. The largest absolute Gasteiger partial charge is 0.493 e. The molecule has 0 atom stereocenters. The minimum atomic E-state index is -0.409. The topological polar surface area (TPSA) is 79.5 Å². The lowest BCUT2D eigenvalue weighted by Crippen LogP contribution is -2.48. The molecule has 138 valence electrons. The standard InChI is InChI=1S/C18H21N3O3S2/c1-12(2)9-10-24-14-7-4-3-6-13(14)16(22)19-18(25)21-20-17(23)15-8-5-11-26-15/h3-8,11-12H,9-10H2,1-2H3,(H,20,23)(H2,19,21,22,25). The molecule has 0 radical (unpaired) electrons. The van der Waals surface area contributed by atoms with Crippen LogP contribution in [0, 0.1) is 5.92 Å². The summed E-state index contributed by atoms with van der Waals surface area (Å²) in [5.41, 5.74) is 5.33. The third-order valence-corrected chi connectivity index (χ3v) is 4.42. The number of benzene rings is 1. The summed E-state index contributed by atoms with van der Waals surface area (Å²) in [7, 11) is 0. The van der Waals surface area contributed by atoms with E-state index in [1.165, 1.54) is 11.3 Å². The quantitative estimate of drug-likeness (QED) is 0.521. The van der Waals surface area contributed by atoms with Gasteiger partial charge >= 0.3 is 0 Å². The van der Waals surface area contributed by atoms with Gasteiger partial charge in [-0.25, -0.2) is 0 Å². The maximum absolute atomic E-state index is 12.4. The van der Waals surface area contributed by atoms with Crippen molar-refractivity contribution in [3.05, 3.63) is 52.2 Å². The van der Waals surface area contributed by atoms with Crippen LogP contribution in [0.5, 0.6) is 5.75 Å². The first-order valence-electron chi connectivity index (χ1n) is 8.14. The number of para-hydroxylation sites is 1. The third-order valence-electron chi connectivity index (χ3n) is 3.35. The molecule has 0 saturated heterocycles. The molecule has 0 fully saturated rings. The highest BCUT2D eigenvalue weighted by molar-refractivity contribution is 7.80. The van der Waals surface area contributed by atoms with E-state index in [2.05, 4.69) is 30.0 Å². The van der Waals surface area contributed by atoms with Gasteiger partial charge in [0.1, 0.15) is 5.75 Å². The van der Waals surface area contributed by atoms with Gasteiger partial charge in [-0.15, -0.1) is 11.3 Å². The molecular weight excluding hydrogens is 370 g/mol. The number of rotatable bonds is 6. The van der Waals surface area contributed by atoms with Crippen molar-refractivity contribution in [2.45, 2.75) is 20.3 Å². The van der Waals surface area contributed by atoms with Crippen LogP contribution in [0.25, 0.3) is 0 Å². The first kappa shape index (κ1) is 19.9. The molecular formula is C18H21N3O3S2. The summed E-state index contributed by atoms with van der Waals surface area (Å²) < 4.78 is 5.70. The lowest BCUT2D eigenvalue weighted by Gasteiger charge is -2.13. The average molecular weight is 392 g/mol. The van der Waals surface area contributed by atoms with Gasteiger partial charge in [0.15, 0.2) is 5.11 Å². The van der Waals surface area contributed by atoms with Crippen LogP contribution in [0.1, 0.15) is 40.3 Å². The van der Waals surface area contributed by atoms with Gasteiger partial charge in [0.05, 0.1) is 17.0 Å². The zero-order chi connectivity index (χ0) is 18.9. The molecule has 0 aliphatic carbocycles. The molecule has 1 aromatic heterocycles. The fraction of sp³-hybridized carbons (Fsp3) is 0.278. The number of hydrogen-bond donors (Lipinski definition) is 3. The van der Waals surface area contributed by atoms with E-state index in [4.69, 9.17) is 17.0 Å². The Morgan fingerprint density at radius 1 is 1.12 bits per heavy atom. The number of nitrogens with one attached hydrogen (secondary N) is 3. The maximum Gasteiger partial charge on any atom is 0.279 e. The lowest BCUT2D eigenvalue weighted by molar-refractivity contribution is 0.0936. The van der Waals surface area contributed by atoms with Crippen molar-refractivity contribution in [2.75, 3.05) is 6.61 Å². The van der Waals surface area contributed by atoms with Crippen LogP contribution < -0.4 is 20.9 Å². The number of amides is 2. The van der Waals surface area contributed by atoms with Crippen LogP contribution in [-0.4, -0.2) is 23.5 Å². The predicted octanol–water partition coefficient (Wildman–Crippen LogP) is 3.12. The number of carbonyl (C=O) groups is 2. The van der Waals surface area contributed by atoms with Crippen LogP contribution in [-0.2, 0) is 0 Å². The molecule has 0 aliphatic rings. The van der Waals surface area contributed by atoms with Crippen molar-refractivity contribution in [1.29, 1.82) is 0 Å². The molecule has 0 spiro atoms. The Hall–Kier alpha value is -2.45. The molecule has 0 saturated carbocycles. The molecule has 1 aromatic carbocycles. The van der Waals surface area contributed by atoms with Crippen LogP contribution >= 0.6 is 23.6 Å². The zero-order valence-electron chi connectivity index (χ0n) is 14.6. The second kappa shape index (κ2) is 9.88. The van der Waals surface area contributed by atoms with Crippen molar-refractivity contribution in [1.82, 2.24) is 16.2 Å². The Morgan fingerprint density at radius 3 is 2.58 bits per heavy atom. The lowest BCUT2D eigenvalue weighted by atomic mass is 10.1. The van der Waals surface area contributed by atoms with E-state index in [0.29, 0.717) is 28.7 Å². The number of thiophene rings is 1. The molecule has 0 aliphatic heterocycles. The summed E-state index contributed by atoms with van der Waals surface area (Å²) in [4.78, 5) is 24.8. The summed E-state index contributed by atoms with van der Waals surface area (Å²) in [6.45, 7) is 4.74. The van der Waals surface area contributed by atoms with Gasteiger partial charge in [0.2, 0.25) is 0 Å². The Bertz CT molecular complexity index is 761. The molecule has 26 heavy (non-hydrogen) atoms. The highest BCUT2D eigenvalue weighted by Crippen LogP contribution is 2.18. The average Bonchev–Trinajstić information content (AvgIpc) is 3.14. The summed E-state index contributed by atoms with van der Waals surface area (Å²) in [6.07, 6.45) is 0.894. The van der Waals surface area contributed by atoms with Crippen LogP contribution in [0.4, 0.5) is 0 Å². The third kappa shape index (κ3) is 6.12.